The first-order chi connectivity index (χ1) is 10.3. The van der Waals surface area contributed by atoms with Gasteiger partial charge in [0, 0.05) is 25.4 Å². The molecule has 3 heteroatoms. The number of carbonyl (C=O) groups excluding carboxylic acids is 1. The molecule has 1 unspecified atom stereocenters. The molecule has 0 bridgehead atoms. The Balaban J connectivity index is 1.64. The lowest BCUT2D eigenvalue weighted by Gasteiger charge is -2.25. The van der Waals surface area contributed by atoms with Crippen LogP contribution in [0.5, 0.6) is 0 Å². The van der Waals surface area contributed by atoms with Crippen LogP contribution >= 0.6 is 0 Å². The molecular weight excluding hydrogens is 260 g/mol. The van der Waals surface area contributed by atoms with Gasteiger partial charge in [-0.3, -0.25) is 9.78 Å². The fourth-order valence-electron chi connectivity index (χ4n) is 3.03. The summed E-state index contributed by atoms with van der Waals surface area (Å²) in [4.78, 5) is 18.7. The summed E-state index contributed by atoms with van der Waals surface area (Å²) in [6.45, 7) is 0.880. The number of benzene rings is 1. The quantitative estimate of drug-likeness (QED) is 0.860. The molecule has 1 aromatic carbocycles. The Kier molecular flexibility index (Phi) is 4.29. The summed E-state index contributed by atoms with van der Waals surface area (Å²) in [6.07, 6.45) is 7.10. The summed E-state index contributed by atoms with van der Waals surface area (Å²) in [5, 5.41) is 0. The van der Waals surface area contributed by atoms with E-state index in [1.165, 1.54) is 5.56 Å². The van der Waals surface area contributed by atoms with Crippen LogP contribution in [0, 0.1) is 0 Å². The predicted molar refractivity (Wildman–Crippen MR) is 82.7 cm³/mol. The average Bonchev–Trinajstić information content (AvgIpc) is 3.04. The highest BCUT2D eigenvalue weighted by molar-refractivity contribution is 5.77. The van der Waals surface area contributed by atoms with Crippen LogP contribution in [0.2, 0.25) is 0 Å². The molecule has 1 amide bonds. The fourth-order valence-corrected chi connectivity index (χ4v) is 3.03. The molecule has 0 spiro atoms. The zero-order chi connectivity index (χ0) is 14.5. The summed E-state index contributed by atoms with van der Waals surface area (Å²) in [5.74, 6) is 0.255. The molecule has 21 heavy (non-hydrogen) atoms. The molecule has 3 nitrogen and oxygen atoms in total. The van der Waals surface area contributed by atoms with E-state index in [4.69, 9.17) is 0 Å². The minimum Gasteiger partial charge on any atom is -0.336 e. The molecule has 0 saturated carbocycles. The Morgan fingerprint density at radius 3 is 2.81 bits per heavy atom. The summed E-state index contributed by atoms with van der Waals surface area (Å²) in [6, 6.07) is 14.6. The maximum atomic E-state index is 12.5. The van der Waals surface area contributed by atoms with Crippen LogP contribution in [0.3, 0.4) is 0 Å². The number of nitrogens with zero attached hydrogens (tertiary/aromatic N) is 2. The van der Waals surface area contributed by atoms with Crippen molar-refractivity contribution in [3.05, 3.63) is 66.0 Å². The van der Waals surface area contributed by atoms with E-state index in [9.17, 15) is 4.79 Å². The normalized spacial score (nSPS) is 17.9. The molecule has 1 atom stereocenters. The highest BCUT2D eigenvalue weighted by Crippen LogP contribution is 2.32. The lowest BCUT2D eigenvalue weighted by atomic mass is 10.0. The van der Waals surface area contributed by atoms with Gasteiger partial charge in [0.15, 0.2) is 0 Å². The van der Waals surface area contributed by atoms with Crippen molar-refractivity contribution in [2.45, 2.75) is 31.7 Å². The van der Waals surface area contributed by atoms with Gasteiger partial charge < -0.3 is 4.90 Å². The lowest BCUT2D eigenvalue weighted by Crippen LogP contribution is -2.30. The van der Waals surface area contributed by atoms with Crippen molar-refractivity contribution in [3.8, 4) is 0 Å². The van der Waals surface area contributed by atoms with Crippen LogP contribution in [0.15, 0.2) is 54.9 Å². The number of hydrogen-bond acceptors (Lipinski definition) is 2. The van der Waals surface area contributed by atoms with Gasteiger partial charge in [-0.15, -0.1) is 0 Å². The van der Waals surface area contributed by atoms with Gasteiger partial charge in [0.25, 0.3) is 0 Å². The lowest BCUT2D eigenvalue weighted by molar-refractivity contribution is -0.132. The second kappa shape index (κ2) is 6.53. The third kappa shape index (κ3) is 3.30. The molecule has 0 N–H and O–H groups in total. The first kappa shape index (κ1) is 13.8. The van der Waals surface area contributed by atoms with E-state index >= 15 is 0 Å². The first-order valence-electron chi connectivity index (χ1n) is 7.58. The van der Waals surface area contributed by atoms with Crippen molar-refractivity contribution in [1.29, 1.82) is 0 Å². The van der Waals surface area contributed by atoms with Crippen molar-refractivity contribution < 1.29 is 4.79 Å². The molecule has 1 fully saturated rings. The van der Waals surface area contributed by atoms with E-state index in [1.807, 2.05) is 41.4 Å². The molecule has 2 aromatic rings. The fraction of sp³-hybridized carbons (Fsp3) is 0.333. The number of amides is 1. The Bertz CT molecular complexity index is 583. The van der Waals surface area contributed by atoms with Gasteiger partial charge >= 0.3 is 0 Å². The number of pyridine rings is 1. The highest BCUT2D eigenvalue weighted by atomic mass is 16.2. The largest absolute Gasteiger partial charge is 0.336 e. The number of aromatic nitrogens is 1. The molecule has 3 rings (SSSR count). The maximum absolute atomic E-state index is 12.5. The van der Waals surface area contributed by atoms with E-state index in [1.54, 1.807) is 6.20 Å². The molecule has 1 saturated heterocycles. The van der Waals surface area contributed by atoms with E-state index in [-0.39, 0.29) is 11.9 Å². The second-order valence-corrected chi connectivity index (χ2v) is 5.52. The van der Waals surface area contributed by atoms with Crippen LogP contribution in [0.4, 0.5) is 0 Å². The third-order valence-electron chi connectivity index (χ3n) is 4.11. The Hall–Kier alpha value is -2.16. The van der Waals surface area contributed by atoms with Gasteiger partial charge in [-0.2, -0.15) is 0 Å². The van der Waals surface area contributed by atoms with Crippen LogP contribution in [-0.2, 0) is 11.2 Å². The topological polar surface area (TPSA) is 33.2 Å². The van der Waals surface area contributed by atoms with Gasteiger partial charge in [0.05, 0.1) is 6.04 Å². The van der Waals surface area contributed by atoms with E-state index in [2.05, 4.69) is 17.1 Å². The number of rotatable bonds is 4. The highest BCUT2D eigenvalue weighted by Gasteiger charge is 2.29. The maximum Gasteiger partial charge on any atom is 0.223 e. The number of hydrogen-bond donors (Lipinski definition) is 0. The summed E-state index contributed by atoms with van der Waals surface area (Å²) < 4.78 is 0. The molecule has 1 aromatic heterocycles. The van der Waals surface area contributed by atoms with Gasteiger partial charge in [-0.25, -0.2) is 0 Å². The van der Waals surface area contributed by atoms with Gasteiger partial charge in [-0.05, 0) is 36.5 Å². The van der Waals surface area contributed by atoms with Crippen LogP contribution in [-0.4, -0.2) is 22.3 Å². The van der Waals surface area contributed by atoms with E-state index < -0.39 is 0 Å². The molecule has 1 aliphatic rings. The Morgan fingerprint density at radius 2 is 2.05 bits per heavy atom. The van der Waals surface area contributed by atoms with Crippen molar-refractivity contribution in [2.24, 2.45) is 0 Å². The van der Waals surface area contributed by atoms with E-state index in [0.29, 0.717) is 6.42 Å². The summed E-state index contributed by atoms with van der Waals surface area (Å²) >= 11 is 0. The number of likely N-dealkylation sites (tertiary alicyclic amines) is 1. The monoisotopic (exact) mass is 280 g/mol. The second-order valence-electron chi connectivity index (χ2n) is 5.52. The molecule has 108 valence electrons. The number of carbonyl (C=O) groups is 1. The van der Waals surface area contributed by atoms with Crippen LogP contribution in [0.25, 0.3) is 0 Å². The molecule has 0 radical (unpaired) electrons. The minimum absolute atomic E-state index is 0.255. The molecular formula is C18H20N2O. The van der Waals surface area contributed by atoms with Gasteiger partial charge in [0.1, 0.15) is 0 Å². The van der Waals surface area contributed by atoms with Crippen LogP contribution < -0.4 is 0 Å². The third-order valence-corrected chi connectivity index (χ3v) is 4.11. The van der Waals surface area contributed by atoms with Gasteiger partial charge in [-0.1, -0.05) is 36.4 Å². The zero-order valence-corrected chi connectivity index (χ0v) is 12.1. The predicted octanol–water partition coefficient (Wildman–Crippen LogP) is 3.38. The standard InChI is InChI=1S/C18H20N2O/c21-18(11-10-15-6-4-12-19-14-15)20-13-5-9-17(20)16-7-2-1-3-8-16/h1-4,6-8,12,14,17H,5,9-11,13H2. The average molecular weight is 280 g/mol. The van der Waals surface area contributed by atoms with E-state index in [0.717, 1.165) is 31.4 Å². The Morgan fingerprint density at radius 1 is 1.19 bits per heavy atom. The van der Waals surface area contributed by atoms with Crippen LogP contribution in [0.1, 0.15) is 36.4 Å². The van der Waals surface area contributed by atoms with Crippen molar-refractivity contribution >= 4 is 5.91 Å². The number of aryl methyl sites for hydroxylation is 1. The smallest absolute Gasteiger partial charge is 0.223 e. The van der Waals surface area contributed by atoms with Crippen molar-refractivity contribution in [1.82, 2.24) is 9.88 Å². The summed E-state index contributed by atoms with van der Waals surface area (Å²) in [5.41, 5.74) is 2.38. The van der Waals surface area contributed by atoms with Gasteiger partial charge in [0.2, 0.25) is 5.91 Å². The SMILES string of the molecule is O=C(CCc1cccnc1)N1CCCC1c1ccccc1. The Labute approximate surface area is 125 Å². The molecule has 1 aliphatic heterocycles. The van der Waals surface area contributed by atoms with Crippen molar-refractivity contribution in [3.63, 3.8) is 0 Å². The minimum atomic E-state index is 0.255. The molecule has 0 aliphatic carbocycles. The van der Waals surface area contributed by atoms with Crippen molar-refractivity contribution in [2.75, 3.05) is 6.54 Å². The molecule has 2 heterocycles. The summed E-state index contributed by atoms with van der Waals surface area (Å²) in [7, 11) is 0. The zero-order valence-electron chi connectivity index (χ0n) is 12.1. The first-order valence-corrected chi connectivity index (χ1v) is 7.58.